The predicted octanol–water partition coefficient (Wildman–Crippen LogP) is 2.07. The van der Waals surface area contributed by atoms with Crippen LogP contribution in [-0.4, -0.2) is 41.4 Å². The lowest BCUT2D eigenvalue weighted by Gasteiger charge is -2.25. The van der Waals surface area contributed by atoms with Crippen LogP contribution in [0.1, 0.15) is 32.3 Å². The minimum absolute atomic E-state index is 0.188. The van der Waals surface area contributed by atoms with Crippen molar-refractivity contribution in [3.8, 4) is 0 Å². The highest BCUT2D eigenvalue weighted by Gasteiger charge is 2.56. The second-order valence-electron chi connectivity index (χ2n) is 6.72. The molecule has 1 atom stereocenters. The fourth-order valence-electron chi connectivity index (χ4n) is 3.36. The van der Waals surface area contributed by atoms with Gasteiger partial charge in [-0.3, -0.25) is 14.5 Å². The molecule has 128 valence electrons. The van der Waals surface area contributed by atoms with Gasteiger partial charge in [0.25, 0.3) is 5.91 Å². The topological polar surface area (TPSA) is 69.7 Å². The molecule has 6 heteroatoms. The number of rotatable bonds is 5. The van der Waals surface area contributed by atoms with Gasteiger partial charge in [-0.25, -0.2) is 4.79 Å². The molecule has 6 nitrogen and oxygen atoms in total. The maximum atomic E-state index is 12.7. The Bertz CT molecular complexity index is 699. The molecule has 0 radical (unpaired) electrons. The minimum Gasteiger partial charge on any atom is -0.323 e. The molecule has 1 saturated carbocycles. The van der Waals surface area contributed by atoms with Crippen molar-refractivity contribution in [2.24, 2.45) is 5.92 Å². The van der Waals surface area contributed by atoms with Crippen molar-refractivity contribution in [1.29, 1.82) is 0 Å². The lowest BCUT2D eigenvalue weighted by molar-refractivity contribution is -0.134. The quantitative estimate of drug-likeness (QED) is 0.841. The molecule has 24 heavy (non-hydrogen) atoms. The number of carbonyl (C=O) groups is 3. The summed E-state index contributed by atoms with van der Waals surface area (Å²) in [5, 5.41) is 2.77. The summed E-state index contributed by atoms with van der Waals surface area (Å²) in [6.45, 7) is 5.82. The van der Waals surface area contributed by atoms with E-state index < -0.39 is 11.6 Å². The Morgan fingerprint density at radius 2 is 2.00 bits per heavy atom. The van der Waals surface area contributed by atoms with Crippen molar-refractivity contribution in [2.75, 3.05) is 18.0 Å². The monoisotopic (exact) mass is 329 g/mol. The zero-order valence-electron chi connectivity index (χ0n) is 14.3. The van der Waals surface area contributed by atoms with E-state index in [1.54, 1.807) is 11.8 Å². The van der Waals surface area contributed by atoms with Gasteiger partial charge in [0.2, 0.25) is 5.91 Å². The fourth-order valence-corrected chi connectivity index (χ4v) is 3.36. The number of amides is 4. The Balaban J connectivity index is 1.77. The first-order chi connectivity index (χ1) is 11.4. The average Bonchev–Trinajstić information content (AvgIpc) is 3.36. The van der Waals surface area contributed by atoms with Crippen LogP contribution in [0.5, 0.6) is 0 Å². The molecule has 4 amide bonds. The Morgan fingerprint density at radius 1 is 1.33 bits per heavy atom. The molecule has 0 spiro atoms. The first-order valence-electron chi connectivity index (χ1n) is 8.38. The Labute approximate surface area is 141 Å². The van der Waals surface area contributed by atoms with Gasteiger partial charge in [0, 0.05) is 12.2 Å². The highest BCUT2D eigenvalue weighted by Crippen LogP contribution is 2.42. The number of aryl methyl sites for hydroxylation is 1. The number of urea groups is 1. The van der Waals surface area contributed by atoms with Gasteiger partial charge in [-0.1, -0.05) is 18.2 Å². The first kappa shape index (κ1) is 16.5. The van der Waals surface area contributed by atoms with Crippen LogP contribution in [0.15, 0.2) is 24.3 Å². The van der Waals surface area contributed by atoms with E-state index in [0.717, 1.165) is 29.0 Å². The van der Waals surface area contributed by atoms with Crippen molar-refractivity contribution in [1.82, 2.24) is 10.2 Å². The van der Waals surface area contributed by atoms with Gasteiger partial charge in [0.1, 0.15) is 12.1 Å². The van der Waals surface area contributed by atoms with E-state index >= 15 is 0 Å². The molecule has 3 rings (SSSR count). The van der Waals surface area contributed by atoms with E-state index in [-0.39, 0.29) is 24.3 Å². The number of hydrogen-bond acceptors (Lipinski definition) is 3. The van der Waals surface area contributed by atoms with Gasteiger partial charge in [-0.2, -0.15) is 0 Å². The van der Waals surface area contributed by atoms with Crippen LogP contribution in [0, 0.1) is 12.8 Å². The summed E-state index contributed by atoms with van der Waals surface area (Å²) in [7, 11) is 0. The molecular weight excluding hydrogens is 306 g/mol. The number of nitrogens with zero attached hydrogens (tertiary/aromatic N) is 2. The summed E-state index contributed by atoms with van der Waals surface area (Å²) >= 11 is 0. The van der Waals surface area contributed by atoms with E-state index in [0.29, 0.717) is 6.54 Å². The van der Waals surface area contributed by atoms with Crippen LogP contribution >= 0.6 is 0 Å². The van der Waals surface area contributed by atoms with Gasteiger partial charge in [-0.15, -0.1) is 0 Å². The van der Waals surface area contributed by atoms with Crippen LogP contribution in [0.3, 0.4) is 0 Å². The van der Waals surface area contributed by atoms with Gasteiger partial charge in [-0.05, 0) is 51.2 Å². The van der Waals surface area contributed by atoms with Crippen LogP contribution in [0.25, 0.3) is 0 Å². The zero-order valence-corrected chi connectivity index (χ0v) is 14.3. The lowest BCUT2D eigenvalue weighted by atomic mass is 9.96. The highest BCUT2D eigenvalue weighted by atomic mass is 16.2. The van der Waals surface area contributed by atoms with Crippen LogP contribution in [0.4, 0.5) is 10.5 Å². The molecular formula is C18H23N3O3. The summed E-state index contributed by atoms with van der Waals surface area (Å²) < 4.78 is 0. The van der Waals surface area contributed by atoms with E-state index in [9.17, 15) is 14.4 Å². The molecule has 1 aromatic carbocycles. The number of nitrogens with one attached hydrogen (secondary N) is 1. The van der Waals surface area contributed by atoms with Gasteiger partial charge >= 0.3 is 6.03 Å². The van der Waals surface area contributed by atoms with E-state index in [1.807, 2.05) is 38.1 Å². The average molecular weight is 329 g/mol. The van der Waals surface area contributed by atoms with Crippen molar-refractivity contribution in [2.45, 2.75) is 39.2 Å². The van der Waals surface area contributed by atoms with Crippen LogP contribution in [0.2, 0.25) is 0 Å². The van der Waals surface area contributed by atoms with Crippen LogP contribution in [-0.2, 0) is 9.59 Å². The second kappa shape index (κ2) is 5.92. The number of para-hydroxylation sites is 1. The number of anilines is 1. The van der Waals surface area contributed by atoms with E-state index in [4.69, 9.17) is 0 Å². The minimum atomic E-state index is -0.850. The van der Waals surface area contributed by atoms with Crippen molar-refractivity contribution in [3.63, 3.8) is 0 Å². The maximum Gasteiger partial charge on any atom is 0.325 e. The molecule has 1 heterocycles. The number of hydrogen-bond donors (Lipinski definition) is 1. The molecule has 2 aliphatic rings. The highest BCUT2D eigenvalue weighted by molar-refractivity contribution is 6.10. The van der Waals surface area contributed by atoms with Crippen molar-refractivity contribution >= 4 is 23.5 Å². The Morgan fingerprint density at radius 3 is 2.58 bits per heavy atom. The second-order valence-corrected chi connectivity index (χ2v) is 6.72. The maximum absolute atomic E-state index is 12.7. The Hall–Kier alpha value is -2.37. The summed E-state index contributed by atoms with van der Waals surface area (Å²) in [6.07, 6.45) is 1.88. The van der Waals surface area contributed by atoms with Crippen molar-refractivity contribution in [3.05, 3.63) is 29.8 Å². The van der Waals surface area contributed by atoms with Gasteiger partial charge in [0.15, 0.2) is 0 Å². The molecule has 2 fully saturated rings. The fraction of sp³-hybridized carbons (Fsp3) is 0.500. The first-order valence-corrected chi connectivity index (χ1v) is 8.38. The number of likely N-dealkylation sites (N-methyl/N-ethyl adjacent to an activating group) is 1. The largest absolute Gasteiger partial charge is 0.325 e. The molecule has 0 unspecified atom stereocenters. The third kappa shape index (κ3) is 2.66. The summed E-state index contributed by atoms with van der Waals surface area (Å²) in [5.41, 5.74) is 0.937. The summed E-state index contributed by atoms with van der Waals surface area (Å²) in [4.78, 5) is 40.2. The van der Waals surface area contributed by atoms with E-state index in [1.165, 1.54) is 0 Å². The molecule has 1 aromatic rings. The Kier molecular flexibility index (Phi) is 4.07. The normalized spacial score (nSPS) is 23.4. The number of benzene rings is 1. The van der Waals surface area contributed by atoms with Gasteiger partial charge in [0.05, 0.1) is 0 Å². The predicted molar refractivity (Wildman–Crippen MR) is 90.6 cm³/mol. The smallest absolute Gasteiger partial charge is 0.323 e. The van der Waals surface area contributed by atoms with Crippen molar-refractivity contribution < 1.29 is 14.4 Å². The summed E-state index contributed by atoms with van der Waals surface area (Å²) in [6, 6.07) is 7.12. The molecule has 1 aliphatic heterocycles. The molecule has 1 N–H and O–H groups in total. The third-order valence-electron chi connectivity index (χ3n) is 5.01. The molecule has 1 aliphatic carbocycles. The molecule has 0 bridgehead atoms. The lowest BCUT2D eigenvalue weighted by Crippen LogP contribution is -2.47. The zero-order chi connectivity index (χ0) is 17.5. The van der Waals surface area contributed by atoms with Crippen LogP contribution < -0.4 is 10.2 Å². The SMILES string of the molecule is CCN(C(=O)CN1C(=O)N[C@](C)(C2CC2)C1=O)c1ccccc1C. The molecule has 1 saturated heterocycles. The molecule has 0 aromatic heterocycles. The van der Waals surface area contributed by atoms with Gasteiger partial charge < -0.3 is 10.2 Å². The van der Waals surface area contributed by atoms with E-state index in [2.05, 4.69) is 5.32 Å². The number of carbonyl (C=O) groups excluding carboxylic acids is 3. The third-order valence-corrected chi connectivity index (χ3v) is 5.01. The summed E-state index contributed by atoms with van der Waals surface area (Å²) in [5.74, 6) is -0.354. The standard InChI is InChI=1S/C18H23N3O3/c1-4-20(14-8-6-5-7-12(14)2)15(22)11-21-16(23)18(3,13-9-10-13)19-17(21)24/h5-8,13H,4,9-11H2,1-3H3,(H,19,24)/t18-/m1/s1. The number of imide groups is 1.